The van der Waals surface area contributed by atoms with Gasteiger partial charge in [0.2, 0.25) is 5.89 Å². The van der Waals surface area contributed by atoms with E-state index in [1.807, 2.05) is 0 Å². The van der Waals surface area contributed by atoms with E-state index in [9.17, 15) is 0 Å². The fraction of sp³-hybridized carbons (Fsp3) is 0.857. The van der Waals surface area contributed by atoms with E-state index >= 15 is 0 Å². The molecule has 5 nitrogen and oxygen atoms in total. The molecule has 5 heteroatoms. The first-order valence-electron chi connectivity index (χ1n) is 7.34. The molecule has 2 heterocycles. The molecule has 0 spiro atoms. The molecule has 0 aromatic carbocycles. The highest BCUT2D eigenvalue weighted by Gasteiger charge is 2.22. The fourth-order valence-corrected chi connectivity index (χ4v) is 2.34. The third-order valence-corrected chi connectivity index (χ3v) is 3.47. The average molecular weight is 267 g/mol. The van der Waals surface area contributed by atoms with Gasteiger partial charge in [-0.05, 0) is 18.8 Å². The Morgan fingerprint density at radius 3 is 3.00 bits per heavy atom. The zero-order valence-electron chi connectivity index (χ0n) is 12.3. The molecule has 0 bridgehead atoms. The minimum Gasteiger partial charge on any atom is -0.377 e. The Balaban J connectivity index is 1.92. The Kier molecular flexibility index (Phi) is 5.34. The highest BCUT2D eigenvalue weighted by Crippen LogP contribution is 2.15. The first-order chi connectivity index (χ1) is 9.19. The molecule has 1 aliphatic rings. The summed E-state index contributed by atoms with van der Waals surface area (Å²) in [6.45, 7) is 10.1. The lowest BCUT2D eigenvalue weighted by molar-refractivity contribution is 0.0219. The quantitative estimate of drug-likeness (QED) is 0.819. The van der Waals surface area contributed by atoms with Crippen LogP contribution in [0.15, 0.2) is 4.52 Å². The first-order valence-corrected chi connectivity index (χ1v) is 7.34. The van der Waals surface area contributed by atoms with Crippen molar-refractivity contribution in [3.63, 3.8) is 0 Å². The summed E-state index contributed by atoms with van der Waals surface area (Å²) in [4.78, 5) is 6.81. The third-order valence-electron chi connectivity index (χ3n) is 3.47. The lowest BCUT2D eigenvalue weighted by Crippen LogP contribution is -2.34. The second-order valence-electron chi connectivity index (χ2n) is 5.60. The topological polar surface area (TPSA) is 51.4 Å². The van der Waals surface area contributed by atoms with Gasteiger partial charge >= 0.3 is 0 Å². The largest absolute Gasteiger partial charge is 0.377 e. The molecule has 1 aromatic rings. The van der Waals surface area contributed by atoms with Gasteiger partial charge in [0.25, 0.3) is 0 Å². The maximum atomic E-state index is 5.87. The zero-order chi connectivity index (χ0) is 13.7. The standard InChI is InChI=1S/C14H25N3O2/c1-4-6-14-15-13(16-19-14)10-17-7-5-8-18-12(9-17)11(2)3/h11-12H,4-10H2,1-3H3. The van der Waals surface area contributed by atoms with Gasteiger partial charge < -0.3 is 9.26 Å². The van der Waals surface area contributed by atoms with E-state index in [-0.39, 0.29) is 0 Å². The molecule has 1 aliphatic heterocycles. The molecule has 1 saturated heterocycles. The summed E-state index contributed by atoms with van der Waals surface area (Å²) in [5.41, 5.74) is 0. The molecule has 0 aliphatic carbocycles. The van der Waals surface area contributed by atoms with Crippen molar-refractivity contribution >= 4 is 0 Å². The summed E-state index contributed by atoms with van der Waals surface area (Å²) in [5, 5.41) is 4.06. The third kappa shape index (κ3) is 4.28. The van der Waals surface area contributed by atoms with Crippen LogP contribution in [-0.2, 0) is 17.7 Å². The molecule has 1 atom stereocenters. The Bertz CT molecular complexity index is 379. The summed E-state index contributed by atoms with van der Waals surface area (Å²) < 4.78 is 11.1. The summed E-state index contributed by atoms with van der Waals surface area (Å²) in [5.74, 6) is 2.10. The van der Waals surface area contributed by atoms with E-state index in [1.165, 1.54) is 0 Å². The van der Waals surface area contributed by atoms with Gasteiger partial charge in [-0.1, -0.05) is 25.9 Å². The minimum atomic E-state index is 0.310. The summed E-state index contributed by atoms with van der Waals surface area (Å²) >= 11 is 0. The average Bonchev–Trinajstić information content (AvgIpc) is 2.67. The van der Waals surface area contributed by atoms with Crippen LogP contribution in [0.1, 0.15) is 45.3 Å². The van der Waals surface area contributed by atoms with Crippen molar-refractivity contribution in [2.45, 2.75) is 52.7 Å². The van der Waals surface area contributed by atoms with Crippen molar-refractivity contribution in [1.82, 2.24) is 15.0 Å². The van der Waals surface area contributed by atoms with Crippen LogP contribution in [0.25, 0.3) is 0 Å². The van der Waals surface area contributed by atoms with Gasteiger partial charge in [-0.15, -0.1) is 0 Å². The van der Waals surface area contributed by atoms with Crippen LogP contribution in [0.3, 0.4) is 0 Å². The van der Waals surface area contributed by atoms with Gasteiger partial charge in [0, 0.05) is 26.1 Å². The lowest BCUT2D eigenvalue weighted by atomic mass is 10.1. The highest BCUT2D eigenvalue weighted by atomic mass is 16.5. The van der Waals surface area contributed by atoms with Crippen LogP contribution in [0, 0.1) is 5.92 Å². The molecule has 0 N–H and O–H groups in total. The van der Waals surface area contributed by atoms with Crippen molar-refractivity contribution in [1.29, 1.82) is 0 Å². The second-order valence-corrected chi connectivity index (χ2v) is 5.60. The van der Waals surface area contributed by atoms with Crippen LogP contribution in [0.2, 0.25) is 0 Å². The maximum Gasteiger partial charge on any atom is 0.226 e. The minimum absolute atomic E-state index is 0.310. The molecular formula is C14H25N3O2. The smallest absolute Gasteiger partial charge is 0.226 e. The maximum absolute atomic E-state index is 5.87. The van der Waals surface area contributed by atoms with Gasteiger partial charge in [0.1, 0.15) is 0 Å². The SMILES string of the molecule is CCCc1nc(CN2CCCOC(C(C)C)C2)no1. The van der Waals surface area contributed by atoms with Crippen molar-refractivity contribution in [2.24, 2.45) is 5.92 Å². The predicted octanol–water partition coefficient (Wildman–Crippen LogP) is 2.27. The molecule has 0 amide bonds. The summed E-state index contributed by atoms with van der Waals surface area (Å²) in [6.07, 6.45) is 3.28. The molecule has 1 unspecified atom stereocenters. The van der Waals surface area contributed by atoms with Crippen molar-refractivity contribution < 1.29 is 9.26 Å². The van der Waals surface area contributed by atoms with Crippen molar-refractivity contribution in [3.8, 4) is 0 Å². The normalized spacial score (nSPS) is 21.8. The number of nitrogens with zero attached hydrogens (tertiary/aromatic N) is 3. The van der Waals surface area contributed by atoms with Crippen LogP contribution in [0.4, 0.5) is 0 Å². The number of hydrogen-bond acceptors (Lipinski definition) is 5. The molecule has 1 fully saturated rings. The molecule has 0 saturated carbocycles. The second kappa shape index (κ2) is 7.01. The summed E-state index contributed by atoms with van der Waals surface area (Å²) in [6, 6.07) is 0. The zero-order valence-corrected chi connectivity index (χ0v) is 12.3. The number of aryl methyl sites for hydroxylation is 1. The van der Waals surface area contributed by atoms with Crippen LogP contribution >= 0.6 is 0 Å². The van der Waals surface area contributed by atoms with Gasteiger partial charge in [-0.3, -0.25) is 4.90 Å². The number of hydrogen-bond donors (Lipinski definition) is 0. The molecular weight excluding hydrogens is 242 g/mol. The molecule has 1 aromatic heterocycles. The molecule has 2 rings (SSSR count). The molecule has 19 heavy (non-hydrogen) atoms. The number of rotatable bonds is 5. The van der Waals surface area contributed by atoms with Crippen LogP contribution in [-0.4, -0.2) is 40.8 Å². The van der Waals surface area contributed by atoms with Crippen LogP contribution in [0.5, 0.6) is 0 Å². The first kappa shape index (κ1) is 14.5. The van der Waals surface area contributed by atoms with Gasteiger partial charge in [-0.25, -0.2) is 0 Å². The van der Waals surface area contributed by atoms with Gasteiger partial charge in [0.05, 0.1) is 12.6 Å². The van der Waals surface area contributed by atoms with Crippen molar-refractivity contribution in [3.05, 3.63) is 11.7 Å². The molecule has 108 valence electrons. The highest BCUT2D eigenvalue weighted by molar-refractivity contribution is 4.87. The van der Waals surface area contributed by atoms with E-state index < -0.39 is 0 Å². The number of aromatic nitrogens is 2. The van der Waals surface area contributed by atoms with Crippen molar-refractivity contribution in [2.75, 3.05) is 19.7 Å². The van der Waals surface area contributed by atoms with E-state index in [0.717, 1.165) is 57.2 Å². The van der Waals surface area contributed by atoms with E-state index in [2.05, 4.69) is 35.8 Å². The number of ether oxygens (including phenoxy) is 1. The van der Waals surface area contributed by atoms with Gasteiger partial charge in [-0.2, -0.15) is 4.98 Å². The van der Waals surface area contributed by atoms with E-state index in [1.54, 1.807) is 0 Å². The Morgan fingerprint density at radius 1 is 1.42 bits per heavy atom. The summed E-state index contributed by atoms with van der Waals surface area (Å²) in [7, 11) is 0. The predicted molar refractivity (Wildman–Crippen MR) is 72.8 cm³/mol. The lowest BCUT2D eigenvalue weighted by Gasteiger charge is -2.24. The Hall–Kier alpha value is -0.940. The van der Waals surface area contributed by atoms with E-state index in [0.29, 0.717) is 12.0 Å². The fourth-order valence-electron chi connectivity index (χ4n) is 2.34. The van der Waals surface area contributed by atoms with Crippen LogP contribution < -0.4 is 0 Å². The Morgan fingerprint density at radius 2 is 2.26 bits per heavy atom. The van der Waals surface area contributed by atoms with Gasteiger partial charge in [0.15, 0.2) is 5.82 Å². The Labute approximate surface area is 115 Å². The monoisotopic (exact) mass is 267 g/mol. The molecule has 0 radical (unpaired) electrons. The van der Waals surface area contributed by atoms with E-state index in [4.69, 9.17) is 9.26 Å².